The SMILES string of the molecule is CCC(C)(C)C=C(NC(=O)OCc1ccccc1)C(=O)OC. The fourth-order valence-electron chi connectivity index (χ4n) is 1.62. The first-order chi connectivity index (χ1) is 10.4. The first-order valence-corrected chi connectivity index (χ1v) is 7.17. The van der Waals surface area contributed by atoms with Crippen LogP contribution in [0, 0.1) is 5.41 Å². The number of rotatable bonds is 6. The Morgan fingerprint density at radius 1 is 1.23 bits per heavy atom. The van der Waals surface area contributed by atoms with Crippen LogP contribution in [0.1, 0.15) is 32.8 Å². The van der Waals surface area contributed by atoms with Crippen LogP contribution >= 0.6 is 0 Å². The molecule has 0 aliphatic carbocycles. The third-order valence-electron chi connectivity index (χ3n) is 3.30. The molecule has 22 heavy (non-hydrogen) atoms. The zero-order chi connectivity index (χ0) is 16.6. The van der Waals surface area contributed by atoms with Gasteiger partial charge >= 0.3 is 12.1 Å². The molecule has 0 bridgehead atoms. The van der Waals surface area contributed by atoms with Gasteiger partial charge in [0, 0.05) is 0 Å². The van der Waals surface area contributed by atoms with Gasteiger partial charge in [-0.05, 0) is 23.5 Å². The molecule has 0 atom stereocenters. The summed E-state index contributed by atoms with van der Waals surface area (Å²) in [6.07, 6.45) is 1.81. The van der Waals surface area contributed by atoms with Gasteiger partial charge in [0.15, 0.2) is 0 Å². The number of nitrogens with one attached hydrogen (secondary N) is 1. The predicted molar refractivity (Wildman–Crippen MR) is 83.9 cm³/mol. The van der Waals surface area contributed by atoms with Crippen molar-refractivity contribution in [3.63, 3.8) is 0 Å². The number of ether oxygens (including phenoxy) is 2. The number of esters is 1. The lowest BCUT2D eigenvalue weighted by atomic mass is 9.89. The van der Waals surface area contributed by atoms with E-state index >= 15 is 0 Å². The van der Waals surface area contributed by atoms with Gasteiger partial charge in [-0.25, -0.2) is 9.59 Å². The van der Waals surface area contributed by atoms with Crippen LogP contribution in [-0.2, 0) is 20.9 Å². The molecule has 0 saturated carbocycles. The monoisotopic (exact) mass is 305 g/mol. The third-order valence-corrected chi connectivity index (χ3v) is 3.30. The van der Waals surface area contributed by atoms with Crippen LogP contribution in [0.15, 0.2) is 42.1 Å². The average Bonchev–Trinajstić information content (AvgIpc) is 2.52. The molecule has 0 fully saturated rings. The van der Waals surface area contributed by atoms with Gasteiger partial charge in [-0.1, -0.05) is 51.1 Å². The predicted octanol–water partition coefficient (Wildman–Crippen LogP) is 3.41. The number of hydrogen-bond acceptors (Lipinski definition) is 4. The van der Waals surface area contributed by atoms with Crippen molar-refractivity contribution < 1.29 is 19.1 Å². The topological polar surface area (TPSA) is 64.6 Å². The fourth-order valence-corrected chi connectivity index (χ4v) is 1.62. The molecule has 1 rings (SSSR count). The van der Waals surface area contributed by atoms with E-state index in [-0.39, 0.29) is 17.7 Å². The van der Waals surface area contributed by atoms with Gasteiger partial charge in [-0.2, -0.15) is 0 Å². The van der Waals surface area contributed by atoms with Crippen LogP contribution in [0.25, 0.3) is 0 Å². The molecule has 0 aliphatic heterocycles. The van der Waals surface area contributed by atoms with E-state index in [0.29, 0.717) is 0 Å². The van der Waals surface area contributed by atoms with Crippen LogP contribution in [-0.4, -0.2) is 19.2 Å². The Kier molecular flexibility index (Phi) is 6.63. The molecule has 1 aromatic rings. The smallest absolute Gasteiger partial charge is 0.412 e. The molecule has 0 radical (unpaired) electrons. The summed E-state index contributed by atoms with van der Waals surface area (Å²) in [5, 5.41) is 2.45. The second-order valence-electron chi connectivity index (χ2n) is 5.58. The highest BCUT2D eigenvalue weighted by Crippen LogP contribution is 2.23. The van der Waals surface area contributed by atoms with Gasteiger partial charge in [0.05, 0.1) is 7.11 Å². The Hall–Kier alpha value is -2.30. The van der Waals surface area contributed by atoms with Crippen LogP contribution in [0.4, 0.5) is 4.79 Å². The van der Waals surface area contributed by atoms with Crippen molar-refractivity contribution in [2.24, 2.45) is 5.41 Å². The molecule has 0 heterocycles. The van der Waals surface area contributed by atoms with Crippen LogP contribution in [0.2, 0.25) is 0 Å². The number of alkyl carbamates (subject to hydrolysis) is 1. The van der Waals surface area contributed by atoms with Crippen molar-refractivity contribution in [3.8, 4) is 0 Å². The van der Waals surface area contributed by atoms with Crippen molar-refractivity contribution in [1.29, 1.82) is 0 Å². The molecule has 1 N–H and O–H groups in total. The summed E-state index contributed by atoms with van der Waals surface area (Å²) in [6.45, 7) is 6.07. The van der Waals surface area contributed by atoms with E-state index in [2.05, 4.69) is 10.1 Å². The van der Waals surface area contributed by atoms with E-state index in [9.17, 15) is 9.59 Å². The van der Waals surface area contributed by atoms with Crippen molar-refractivity contribution >= 4 is 12.1 Å². The minimum absolute atomic E-state index is 0.0902. The van der Waals surface area contributed by atoms with E-state index in [1.54, 1.807) is 6.08 Å². The Bertz CT molecular complexity index is 535. The lowest BCUT2D eigenvalue weighted by Gasteiger charge is -2.19. The minimum Gasteiger partial charge on any atom is -0.464 e. The maximum atomic E-state index is 11.8. The van der Waals surface area contributed by atoms with Gasteiger partial charge in [-0.3, -0.25) is 5.32 Å². The van der Waals surface area contributed by atoms with E-state index in [1.165, 1.54) is 7.11 Å². The number of benzene rings is 1. The molecule has 0 aliphatic rings. The second kappa shape index (κ2) is 8.22. The zero-order valence-electron chi connectivity index (χ0n) is 13.5. The lowest BCUT2D eigenvalue weighted by Crippen LogP contribution is -2.30. The van der Waals surface area contributed by atoms with Gasteiger partial charge < -0.3 is 9.47 Å². The first-order valence-electron chi connectivity index (χ1n) is 7.17. The Morgan fingerprint density at radius 2 is 1.86 bits per heavy atom. The highest BCUT2D eigenvalue weighted by atomic mass is 16.6. The molecule has 0 saturated heterocycles. The zero-order valence-corrected chi connectivity index (χ0v) is 13.5. The van der Waals surface area contributed by atoms with E-state index in [0.717, 1.165) is 12.0 Å². The molecular formula is C17H23NO4. The van der Waals surface area contributed by atoms with Gasteiger partial charge in [-0.15, -0.1) is 0 Å². The lowest BCUT2D eigenvalue weighted by molar-refractivity contribution is -0.136. The molecule has 120 valence electrons. The third kappa shape index (κ3) is 5.99. The van der Waals surface area contributed by atoms with Crippen LogP contribution in [0.3, 0.4) is 0 Å². The van der Waals surface area contributed by atoms with Crippen molar-refractivity contribution in [1.82, 2.24) is 5.32 Å². The van der Waals surface area contributed by atoms with Crippen LogP contribution in [0.5, 0.6) is 0 Å². The highest BCUT2D eigenvalue weighted by Gasteiger charge is 2.20. The van der Waals surface area contributed by atoms with E-state index in [4.69, 9.17) is 4.74 Å². The van der Waals surface area contributed by atoms with Gasteiger partial charge in [0.1, 0.15) is 12.3 Å². The molecule has 0 aromatic heterocycles. The number of allylic oxidation sites excluding steroid dienone is 1. The highest BCUT2D eigenvalue weighted by molar-refractivity contribution is 5.92. The maximum absolute atomic E-state index is 11.8. The first kappa shape index (κ1) is 17.8. The normalized spacial score (nSPS) is 11.7. The van der Waals surface area contributed by atoms with Crippen molar-refractivity contribution in [3.05, 3.63) is 47.7 Å². The fraction of sp³-hybridized carbons (Fsp3) is 0.412. The summed E-state index contributed by atoms with van der Waals surface area (Å²) in [4.78, 5) is 23.6. The summed E-state index contributed by atoms with van der Waals surface area (Å²) < 4.78 is 9.79. The number of methoxy groups -OCH3 is 1. The molecule has 0 unspecified atom stereocenters. The molecule has 1 amide bonds. The Labute approximate surface area is 131 Å². The maximum Gasteiger partial charge on any atom is 0.412 e. The standard InChI is InChI=1S/C17H23NO4/c1-5-17(2,3)11-14(15(19)21-4)18-16(20)22-12-13-9-7-6-8-10-13/h6-11H,5,12H2,1-4H3,(H,18,20). The molecule has 5 nitrogen and oxygen atoms in total. The van der Waals surface area contributed by atoms with Gasteiger partial charge in [0.25, 0.3) is 0 Å². The average molecular weight is 305 g/mol. The minimum atomic E-state index is -0.688. The van der Waals surface area contributed by atoms with E-state index in [1.807, 2.05) is 51.1 Å². The molecule has 1 aromatic carbocycles. The number of amides is 1. The van der Waals surface area contributed by atoms with E-state index < -0.39 is 12.1 Å². The number of hydrogen-bond donors (Lipinski definition) is 1. The van der Waals surface area contributed by atoms with Crippen molar-refractivity contribution in [2.75, 3.05) is 7.11 Å². The Morgan fingerprint density at radius 3 is 2.41 bits per heavy atom. The summed E-state index contributed by atoms with van der Waals surface area (Å²) in [7, 11) is 1.27. The largest absolute Gasteiger partial charge is 0.464 e. The quantitative estimate of drug-likeness (QED) is 0.646. The molecule has 0 spiro atoms. The number of carbonyl (C=O) groups excluding carboxylic acids is 2. The summed E-state index contributed by atoms with van der Waals surface area (Å²) in [5.41, 5.74) is 0.721. The summed E-state index contributed by atoms with van der Waals surface area (Å²) in [5.74, 6) is -0.599. The van der Waals surface area contributed by atoms with Crippen molar-refractivity contribution in [2.45, 2.75) is 33.8 Å². The second-order valence-corrected chi connectivity index (χ2v) is 5.58. The molecular weight excluding hydrogens is 282 g/mol. The molecule has 5 heteroatoms. The van der Waals surface area contributed by atoms with Crippen LogP contribution < -0.4 is 5.32 Å². The summed E-state index contributed by atoms with van der Waals surface area (Å²) in [6, 6.07) is 9.31. The van der Waals surface area contributed by atoms with Gasteiger partial charge in [0.2, 0.25) is 0 Å². The summed E-state index contributed by atoms with van der Waals surface area (Å²) >= 11 is 0. The number of carbonyl (C=O) groups is 2. The Balaban J connectivity index is 2.69.